The molecule has 5 heteroatoms. The molecule has 0 spiro atoms. The van der Waals surface area contributed by atoms with E-state index >= 15 is 0 Å². The van der Waals surface area contributed by atoms with Gasteiger partial charge < -0.3 is 14.8 Å². The average molecular weight is 391 g/mol. The molecule has 0 bridgehead atoms. The van der Waals surface area contributed by atoms with E-state index in [0.29, 0.717) is 18.9 Å². The molecule has 4 rings (SSSR count). The molecule has 142 valence electrons. The fraction of sp³-hybridized carbons (Fsp3) is 0.174. The third kappa shape index (κ3) is 4.49. The lowest BCUT2D eigenvalue weighted by Crippen LogP contribution is -2.41. The molecule has 0 radical (unpaired) electrons. The summed E-state index contributed by atoms with van der Waals surface area (Å²) in [6.45, 7) is 0.810. The maximum atomic E-state index is 13.0. The van der Waals surface area contributed by atoms with Crippen molar-refractivity contribution in [3.63, 3.8) is 0 Å². The number of fused-ring (bicyclic) bond motifs is 1. The van der Waals surface area contributed by atoms with Crippen molar-refractivity contribution < 1.29 is 14.3 Å². The van der Waals surface area contributed by atoms with Gasteiger partial charge in [-0.3, -0.25) is 4.79 Å². The molecule has 28 heavy (non-hydrogen) atoms. The summed E-state index contributed by atoms with van der Waals surface area (Å²) in [4.78, 5) is 14.1. The molecule has 0 saturated carbocycles. The van der Waals surface area contributed by atoms with Gasteiger partial charge in [-0.15, -0.1) is 11.8 Å². The predicted molar refractivity (Wildman–Crippen MR) is 111 cm³/mol. The Morgan fingerprint density at radius 2 is 1.57 bits per heavy atom. The Labute approximate surface area is 168 Å². The number of ether oxygens (including phenoxy) is 2. The molecule has 0 saturated heterocycles. The smallest absolute Gasteiger partial charge is 0.238 e. The molecule has 2 atom stereocenters. The van der Waals surface area contributed by atoms with Crippen LogP contribution >= 0.6 is 11.8 Å². The minimum absolute atomic E-state index is 0.0393. The van der Waals surface area contributed by atoms with Gasteiger partial charge >= 0.3 is 0 Å². The summed E-state index contributed by atoms with van der Waals surface area (Å²) >= 11 is 1.54. The predicted octanol–water partition coefficient (Wildman–Crippen LogP) is 4.48. The first-order chi connectivity index (χ1) is 13.8. The van der Waals surface area contributed by atoms with E-state index in [9.17, 15) is 4.79 Å². The number of thioether (sulfide) groups is 1. The summed E-state index contributed by atoms with van der Waals surface area (Å²) in [6.07, 6.45) is -0.211. The van der Waals surface area contributed by atoms with Crippen molar-refractivity contribution in [3.8, 4) is 11.5 Å². The van der Waals surface area contributed by atoms with E-state index in [0.717, 1.165) is 16.2 Å². The first-order valence-corrected chi connectivity index (χ1v) is 10.1. The lowest BCUT2D eigenvalue weighted by Gasteiger charge is -2.27. The van der Waals surface area contributed by atoms with Gasteiger partial charge in [0.2, 0.25) is 5.91 Å². The van der Waals surface area contributed by atoms with Gasteiger partial charge in [0.1, 0.15) is 18.0 Å². The van der Waals surface area contributed by atoms with Crippen molar-refractivity contribution in [2.75, 3.05) is 13.2 Å². The van der Waals surface area contributed by atoms with Crippen LogP contribution in [0.2, 0.25) is 0 Å². The number of rotatable bonds is 6. The molecule has 0 aromatic heterocycles. The Balaban J connectivity index is 1.43. The fourth-order valence-corrected chi connectivity index (χ4v) is 4.08. The van der Waals surface area contributed by atoms with Gasteiger partial charge in [0.15, 0.2) is 11.5 Å². The number of benzene rings is 3. The van der Waals surface area contributed by atoms with Gasteiger partial charge in [0.05, 0.1) is 6.54 Å². The normalized spacial score (nSPS) is 16.2. The highest BCUT2D eigenvalue weighted by Crippen LogP contribution is 2.35. The lowest BCUT2D eigenvalue weighted by molar-refractivity contribution is -0.121. The van der Waals surface area contributed by atoms with E-state index in [1.165, 1.54) is 0 Å². The van der Waals surface area contributed by atoms with Gasteiger partial charge in [0, 0.05) is 4.90 Å². The van der Waals surface area contributed by atoms with Crippen molar-refractivity contribution in [3.05, 3.63) is 90.5 Å². The molecule has 1 aliphatic heterocycles. The van der Waals surface area contributed by atoms with E-state index in [4.69, 9.17) is 9.47 Å². The van der Waals surface area contributed by atoms with Crippen LogP contribution in [-0.2, 0) is 4.79 Å². The standard InChI is InChI=1S/C23H21NO3S/c25-23(24-15-18-16-26-20-13-7-8-14-21(20)27-18)22(17-9-3-1-4-10-17)28-19-11-5-2-6-12-19/h1-14,18,22H,15-16H2,(H,24,25)/t18-,22+/m1/s1. The summed E-state index contributed by atoms with van der Waals surface area (Å²) in [7, 11) is 0. The van der Waals surface area contributed by atoms with Crippen LogP contribution in [0.1, 0.15) is 10.8 Å². The van der Waals surface area contributed by atoms with Crippen LogP contribution < -0.4 is 14.8 Å². The van der Waals surface area contributed by atoms with Crippen molar-refractivity contribution in [1.29, 1.82) is 0 Å². The molecule has 0 aliphatic carbocycles. The van der Waals surface area contributed by atoms with Crippen LogP contribution in [0.25, 0.3) is 0 Å². The van der Waals surface area contributed by atoms with Gasteiger partial charge in [-0.1, -0.05) is 60.7 Å². The summed E-state index contributed by atoms with van der Waals surface area (Å²) in [5.41, 5.74) is 0.972. The highest BCUT2D eigenvalue weighted by molar-refractivity contribution is 8.00. The number of nitrogens with one attached hydrogen (secondary N) is 1. The van der Waals surface area contributed by atoms with E-state index < -0.39 is 0 Å². The monoisotopic (exact) mass is 391 g/mol. The number of carbonyl (C=O) groups is 1. The second-order valence-electron chi connectivity index (χ2n) is 6.46. The first kappa shape index (κ1) is 18.4. The molecule has 1 N–H and O–H groups in total. The van der Waals surface area contributed by atoms with E-state index in [-0.39, 0.29) is 17.3 Å². The van der Waals surface area contributed by atoms with Crippen LogP contribution in [0.3, 0.4) is 0 Å². The van der Waals surface area contributed by atoms with Gasteiger partial charge in [-0.25, -0.2) is 0 Å². The van der Waals surface area contributed by atoms with Crippen molar-refractivity contribution >= 4 is 17.7 Å². The van der Waals surface area contributed by atoms with E-state index in [2.05, 4.69) is 5.32 Å². The third-order valence-corrected chi connectivity index (χ3v) is 5.68. The molecule has 1 heterocycles. The zero-order chi connectivity index (χ0) is 19.2. The Morgan fingerprint density at radius 1 is 0.929 bits per heavy atom. The lowest BCUT2D eigenvalue weighted by atomic mass is 10.1. The van der Waals surface area contributed by atoms with Crippen molar-refractivity contribution in [2.24, 2.45) is 0 Å². The Morgan fingerprint density at radius 3 is 2.32 bits per heavy atom. The second kappa shape index (κ2) is 8.85. The zero-order valence-electron chi connectivity index (χ0n) is 15.3. The number of hydrogen-bond acceptors (Lipinski definition) is 4. The number of para-hydroxylation sites is 2. The molecule has 0 unspecified atom stereocenters. The van der Waals surface area contributed by atoms with E-state index in [1.54, 1.807) is 11.8 Å². The maximum absolute atomic E-state index is 13.0. The summed E-state index contributed by atoms with van der Waals surface area (Å²) < 4.78 is 11.7. The minimum Gasteiger partial charge on any atom is -0.486 e. The molecule has 0 fully saturated rings. The summed E-state index contributed by atoms with van der Waals surface area (Å²) in [5, 5.41) is 2.70. The third-order valence-electron chi connectivity index (χ3n) is 4.41. The van der Waals surface area contributed by atoms with Gasteiger partial charge in [-0.2, -0.15) is 0 Å². The molecule has 3 aromatic rings. The zero-order valence-corrected chi connectivity index (χ0v) is 16.1. The molecule has 1 amide bonds. The SMILES string of the molecule is O=C(NC[C@@H]1COc2ccccc2O1)[C@@H](Sc1ccccc1)c1ccccc1. The van der Waals surface area contributed by atoms with Crippen LogP contribution in [-0.4, -0.2) is 25.2 Å². The Kier molecular flexibility index (Phi) is 5.83. The van der Waals surface area contributed by atoms with Gasteiger partial charge in [-0.05, 0) is 29.8 Å². The number of amides is 1. The highest BCUT2D eigenvalue weighted by Gasteiger charge is 2.25. The second-order valence-corrected chi connectivity index (χ2v) is 7.64. The average Bonchev–Trinajstić information content (AvgIpc) is 2.77. The molecule has 3 aromatic carbocycles. The van der Waals surface area contributed by atoms with Crippen LogP contribution in [0.4, 0.5) is 0 Å². The summed E-state index contributed by atoms with van der Waals surface area (Å²) in [5.74, 6) is 1.42. The van der Waals surface area contributed by atoms with Crippen LogP contribution in [0.15, 0.2) is 89.8 Å². The molecule has 1 aliphatic rings. The number of carbonyl (C=O) groups excluding carboxylic acids is 1. The largest absolute Gasteiger partial charge is 0.486 e. The highest BCUT2D eigenvalue weighted by atomic mass is 32.2. The van der Waals surface area contributed by atoms with Gasteiger partial charge in [0.25, 0.3) is 0 Å². The topological polar surface area (TPSA) is 47.6 Å². The van der Waals surface area contributed by atoms with Crippen molar-refractivity contribution in [2.45, 2.75) is 16.2 Å². The van der Waals surface area contributed by atoms with Crippen LogP contribution in [0.5, 0.6) is 11.5 Å². The molecular weight excluding hydrogens is 370 g/mol. The summed E-state index contributed by atoms with van der Waals surface area (Å²) in [6, 6.07) is 27.4. The van der Waals surface area contributed by atoms with Crippen molar-refractivity contribution in [1.82, 2.24) is 5.32 Å². The van der Waals surface area contributed by atoms with Crippen LogP contribution in [0, 0.1) is 0 Å². The quantitative estimate of drug-likeness (QED) is 0.630. The molecular formula is C23H21NO3S. The molecule has 4 nitrogen and oxygen atoms in total. The maximum Gasteiger partial charge on any atom is 0.238 e. The fourth-order valence-electron chi connectivity index (χ4n) is 3.01. The Hall–Kier alpha value is -2.92. The first-order valence-electron chi connectivity index (χ1n) is 9.22. The Bertz CT molecular complexity index is 917. The minimum atomic E-state index is -0.333. The van der Waals surface area contributed by atoms with E-state index in [1.807, 2.05) is 84.9 Å². The number of hydrogen-bond donors (Lipinski definition) is 1.